The summed E-state index contributed by atoms with van der Waals surface area (Å²) in [6.45, 7) is 4.26. The number of rotatable bonds is 4. The summed E-state index contributed by atoms with van der Waals surface area (Å²) in [7, 11) is 0. The highest BCUT2D eigenvalue weighted by atomic mass is 35.5. The van der Waals surface area contributed by atoms with Crippen molar-refractivity contribution in [3.05, 3.63) is 35.9 Å². The van der Waals surface area contributed by atoms with E-state index in [9.17, 15) is 4.79 Å². The standard InChI is InChI=1S/C18H26N2O2.ClH/c21-18(16-7-4-10-19-13-16)20-11-8-17(9-12-20)22-14-15-5-2-1-3-6-15;/h1-3,5-6,16-17,19H,4,7-14H2;1H. The van der Waals surface area contributed by atoms with Crippen LogP contribution < -0.4 is 5.32 Å². The van der Waals surface area contributed by atoms with E-state index >= 15 is 0 Å². The van der Waals surface area contributed by atoms with Crippen molar-refractivity contribution in [1.82, 2.24) is 10.2 Å². The fourth-order valence-electron chi connectivity index (χ4n) is 3.35. The molecule has 0 saturated carbocycles. The molecule has 0 aromatic heterocycles. The van der Waals surface area contributed by atoms with Crippen LogP contribution in [-0.2, 0) is 16.1 Å². The average molecular weight is 339 g/mol. The Morgan fingerprint density at radius 3 is 2.57 bits per heavy atom. The normalized spacial score (nSPS) is 22.4. The SMILES string of the molecule is Cl.O=C(C1CCCNC1)N1CCC(OCc2ccccc2)CC1. The molecule has 1 aromatic rings. The smallest absolute Gasteiger partial charge is 0.226 e. The van der Waals surface area contributed by atoms with E-state index < -0.39 is 0 Å². The number of benzene rings is 1. The molecule has 5 heteroatoms. The molecule has 0 aliphatic carbocycles. The third-order valence-corrected chi connectivity index (χ3v) is 4.73. The highest BCUT2D eigenvalue weighted by Crippen LogP contribution is 2.20. The maximum atomic E-state index is 12.5. The van der Waals surface area contributed by atoms with Gasteiger partial charge in [0.05, 0.1) is 18.6 Å². The van der Waals surface area contributed by atoms with Gasteiger partial charge in [0.25, 0.3) is 0 Å². The predicted molar refractivity (Wildman–Crippen MR) is 93.7 cm³/mol. The number of hydrogen-bond donors (Lipinski definition) is 1. The van der Waals surface area contributed by atoms with Gasteiger partial charge in [-0.25, -0.2) is 0 Å². The van der Waals surface area contributed by atoms with Crippen LogP contribution in [0.1, 0.15) is 31.2 Å². The molecule has 0 bridgehead atoms. The average Bonchev–Trinajstić information content (AvgIpc) is 2.61. The summed E-state index contributed by atoms with van der Waals surface area (Å²) in [5.41, 5.74) is 1.22. The number of carbonyl (C=O) groups excluding carboxylic acids is 1. The zero-order chi connectivity index (χ0) is 15.2. The van der Waals surface area contributed by atoms with Gasteiger partial charge in [0.15, 0.2) is 0 Å². The summed E-state index contributed by atoms with van der Waals surface area (Å²) in [5.74, 6) is 0.532. The van der Waals surface area contributed by atoms with Crippen molar-refractivity contribution in [2.45, 2.75) is 38.4 Å². The topological polar surface area (TPSA) is 41.6 Å². The second kappa shape index (κ2) is 9.26. The van der Waals surface area contributed by atoms with Crippen molar-refractivity contribution in [2.75, 3.05) is 26.2 Å². The number of piperidine rings is 2. The van der Waals surface area contributed by atoms with E-state index in [1.165, 1.54) is 5.56 Å². The lowest BCUT2D eigenvalue weighted by Crippen LogP contribution is -2.47. The lowest BCUT2D eigenvalue weighted by Gasteiger charge is -2.35. The molecule has 1 aromatic carbocycles. The van der Waals surface area contributed by atoms with Gasteiger partial charge in [-0.15, -0.1) is 12.4 Å². The van der Waals surface area contributed by atoms with Crippen molar-refractivity contribution in [3.8, 4) is 0 Å². The van der Waals surface area contributed by atoms with Crippen LogP contribution in [0.15, 0.2) is 30.3 Å². The minimum Gasteiger partial charge on any atom is -0.373 e. The van der Waals surface area contributed by atoms with E-state index in [1.54, 1.807) is 0 Å². The molecule has 128 valence electrons. The minimum absolute atomic E-state index is 0. The molecule has 1 N–H and O–H groups in total. The second-order valence-electron chi connectivity index (χ2n) is 6.36. The molecule has 2 aliphatic heterocycles. The van der Waals surface area contributed by atoms with Crippen LogP contribution in [0.3, 0.4) is 0 Å². The summed E-state index contributed by atoms with van der Waals surface area (Å²) in [6.07, 6.45) is 4.36. The number of nitrogens with zero attached hydrogens (tertiary/aromatic N) is 1. The van der Waals surface area contributed by atoms with Crippen LogP contribution in [-0.4, -0.2) is 43.1 Å². The first-order valence-corrected chi connectivity index (χ1v) is 8.48. The predicted octanol–water partition coefficient (Wildman–Crippen LogP) is 2.62. The van der Waals surface area contributed by atoms with E-state index in [0.29, 0.717) is 12.5 Å². The highest BCUT2D eigenvalue weighted by Gasteiger charge is 2.29. The molecule has 0 radical (unpaired) electrons. The van der Waals surface area contributed by atoms with Crippen LogP contribution >= 0.6 is 12.4 Å². The molecule has 23 heavy (non-hydrogen) atoms. The number of likely N-dealkylation sites (tertiary alicyclic amines) is 1. The van der Waals surface area contributed by atoms with Gasteiger partial charge >= 0.3 is 0 Å². The summed E-state index contributed by atoms with van der Waals surface area (Å²) < 4.78 is 5.99. The maximum absolute atomic E-state index is 12.5. The highest BCUT2D eigenvalue weighted by molar-refractivity contribution is 5.85. The first-order chi connectivity index (χ1) is 10.8. The zero-order valence-corrected chi connectivity index (χ0v) is 14.4. The van der Waals surface area contributed by atoms with Crippen molar-refractivity contribution in [1.29, 1.82) is 0 Å². The molecule has 2 aliphatic rings. The Bertz CT molecular complexity index is 469. The van der Waals surface area contributed by atoms with Crippen LogP contribution in [0.2, 0.25) is 0 Å². The monoisotopic (exact) mass is 338 g/mol. The van der Waals surface area contributed by atoms with Crippen LogP contribution in [0.5, 0.6) is 0 Å². The van der Waals surface area contributed by atoms with Crippen molar-refractivity contribution in [3.63, 3.8) is 0 Å². The molecule has 2 heterocycles. The van der Waals surface area contributed by atoms with Crippen LogP contribution in [0.4, 0.5) is 0 Å². The Morgan fingerprint density at radius 1 is 1.17 bits per heavy atom. The molecule has 1 atom stereocenters. The summed E-state index contributed by atoms with van der Waals surface area (Å²) in [5, 5.41) is 3.33. The Labute approximate surface area is 145 Å². The number of carbonyl (C=O) groups is 1. The van der Waals surface area contributed by atoms with Crippen LogP contribution in [0.25, 0.3) is 0 Å². The van der Waals surface area contributed by atoms with E-state index in [2.05, 4.69) is 17.4 Å². The molecular weight excluding hydrogens is 312 g/mol. The largest absolute Gasteiger partial charge is 0.373 e. The van der Waals surface area contributed by atoms with Crippen molar-refractivity contribution in [2.24, 2.45) is 5.92 Å². The molecule has 2 fully saturated rings. The maximum Gasteiger partial charge on any atom is 0.226 e. The third-order valence-electron chi connectivity index (χ3n) is 4.73. The van der Waals surface area contributed by atoms with Gasteiger partial charge in [-0.1, -0.05) is 30.3 Å². The molecule has 0 spiro atoms. The van der Waals surface area contributed by atoms with E-state index in [-0.39, 0.29) is 24.4 Å². The molecule has 2 saturated heterocycles. The van der Waals surface area contributed by atoms with Gasteiger partial charge in [0.1, 0.15) is 0 Å². The Balaban J connectivity index is 0.00000192. The first kappa shape index (κ1) is 18.2. The number of hydrogen-bond acceptors (Lipinski definition) is 3. The molecule has 1 amide bonds. The van der Waals surface area contributed by atoms with Gasteiger partial charge in [0, 0.05) is 19.6 Å². The minimum atomic E-state index is 0. The number of ether oxygens (including phenoxy) is 1. The lowest BCUT2D eigenvalue weighted by molar-refractivity contribution is -0.138. The quantitative estimate of drug-likeness (QED) is 0.917. The van der Waals surface area contributed by atoms with Gasteiger partial charge in [-0.2, -0.15) is 0 Å². The summed E-state index contributed by atoms with van der Waals surface area (Å²) in [4.78, 5) is 14.5. The van der Waals surface area contributed by atoms with Crippen molar-refractivity contribution < 1.29 is 9.53 Å². The Hall–Kier alpha value is -1.10. The Kier molecular flexibility index (Phi) is 7.34. The van der Waals surface area contributed by atoms with Gasteiger partial charge < -0.3 is 15.0 Å². The van der Waals surface area contributed by atoms with Crippen LogP contribution in [0, 0.1) is 5.92 Å². The number of amides is 1. The Morgan fingerprint density at radius 2 is 1.91 bits per heavy atom. The summed E-state index contributed by atoms with van der Waals surface area (Å²) >= 11 is 0. The van der Waals surface area contributed by atoms with Gasteiger partial charge in [-0.05, 0) is 37.8 Å². The third kappa shape index (κ3) is 5.20. The van der Waals surface area contributed by atoms with Gasteiger partial charge in [0.2, 0.25) is 5.91 Å². The fourth-order valence-corrected chi connectivity index (χ4v) is 3.35. The number of halogens is 1. The molecule has 1 unspecified atom stereocenters. The van der Waals surface area contributed by atoms with Gasteiger partial charge in [-0.3, -0.25) is 4.79 Å². The molecule has 3 rings (SSSR count). The fraction of sp³-hybridized carbons (Fsp3) is 0.611. The number of nitrogens with one attached hydrogen (secondary N) is 1. The van der Waals surface area contributed by atoms with E-state index in [4.69, 9.17) is 4.74 Å². The molecular formula is C18H27ClN2O2. The van der Waals surface area contributed by atoms with E-state index in [1.807, 2.05) is 23.1 Å². The summed E-state index contributed by atoms with van der Waals surface area (Å²) in [6, 6.07) is 10.3. The van der Waals surface area contributed by atoms with Crippen molar-refractivity contribution >= 4 is 18.3 Å². The molecule has 4 nitrogen and oxygen atoms in total. The zero-order valence-electron chi connectivity index (χ0n) is 13.6. The van der Waals surface area contributed by atoms with E-state index in [0.717, 1.165) is 51.9 Å². The lowest BCUT2D eigenvalue weighted by atomic mass is 9.96. The second-order valence-corrected chi connectivity index (χ2v) is 6.36. The first-order valence-electron chi connectivity index (χ1n) is 8.48.